The molecule has 0 fully saturated rings. The molecule has 108 valence electrons. The van der Waals surface area contributed by atoms with Crippen molar-refractivity contribution in [2.75, 3.05) is 6.54 Å². The highest BCUT2D eigenvalue weighted by Gasteiger charge is 2.35. The fourth-order valence-corrected chi connectivity index (χ4v) is 3.78. The monoisotopic (exact) mass is 269 g/mol. The second-order valence-electron chi connectivity index (χ2n) is 7.18. The molecule has 2 atom stereocenters. The molecular formula is C19H27N. The highest BCUT2D eigenvalue weighted by atomic mass is 14.9. The number of hydrogen-bond acceptors (Lipinski definition) is 1. The Morgan fingerprint density at radius 1 is 1.20 bits per heavy atom. The van der Waals surface area contributed by atoms with Crippen LogP contribution in [0.1, 0.15) is 56.7 Å². The molecule has 3 rings (SSSR count). The Hall–Kier alpha value is -1.08. The van der Waals surface area contributed by atoms with E-state index in [0.717, 1.165) is 12.5 Å². The lowest BCUT2D eigenvalue weighted by atomic mass is 9.70. The van der Waals surface area contributed by atoms with Gasteiger partial charge in [0, 0.05) is 6.04 Å². The topological polar surface area (TPSA) is 12.0 Å². The van der Waals surface area contributed by atoms with Crippen LogP contribution < -0.4 is 5.32 Å². The molecule has 0 aliphatic heterocycles. The van der Waals surface area contributed by atoms with E-state index in [0.29, 0.717) is 11.5 Å². The van der Waals surface area contributed by atoms with Crippen molar-refractivity contribution in [3.8, 4) is 0 Å². The van der Waals surface area contributed by atoms with Gasteiger partial charge in [-0.05, 0) is 61.1 Å². The molecular weight excluding hydrogens is 242 g/mol. The van der Waals surface area contributed by atoms with Crippen LogP contribution in [0.5, 0.6) is 0 Å². The molecule has 2 unspecified atom stereocenters. The van der Waals surface area contributed by atoms with Gasteiger partial charge in [-0.15, -0.1) is 0 Å². The number of benzene rings is 1. The van der Waals surface area contributed by atoms with Gasteiger partial charge in [0.15, 0.2) is 0 Å². The molecule has 1 heteroatoms. The molecule has 0 aromatic heterocycles. The molecule has 0 amide bonds. The van der Waals surface area contributed by atoms with Crippen molar-refractivity contribution in [3.05, 3.63) is 47.5 Å². The van der Waals surface area contributed by atoms with E-state index in [9.17, 15) is 0 Å². The first-order valence-corrected chi connectivity index (χ1v) is 8.13. The van der Waals surface area contributed by atoms with Gasteiger partial charge in [-0.1, -0.05) is 50.3 Å². The molecule has 0 radical (unpaired) electrons. The molecule has 1 nitrogen and oxygen atoms in total. The quantitative estimate of drug-likeness (QED) is 0.788. The minimum absolute atomic E-state index is 0.360. The molecule has 2 aliphatic carbocycles. The normalized spacial score (nSPS) is 28.1. The predicted octanol–water partition coefficient (Wildman–Crippen LogP) is 4.65. The zero-order valence-corrected chi connectivity index (χ0v) is 12.9. The Bertz CT molecular complexity index is 486. The Morgan fingerprint density at radius 2 is 2.05 bits per heavy atom. The number of rotatable bonds is 3. The van der Waals surface area contributed by atoms with Crippen LogP contribution in [0, 0.1) is 11.3 Å². The van der Waals surface area contributed by atoms with Gasteiger partial charge < -0.3 is 5.32 Å². The van der Waals surface area contributed by atoms with E-state index >= 15 is 0 Å². The summed E-state index contributed by atoms with van der Waals surface area (Å²) in [5, 5.41) is 3.90. The molecule has 1 aromatic carbocycles. The molecule has 0 heterocycles. The first-order valence-electron chi connectivity index (χ1n) is 8.13. The minimum Gasteiger partial charge on any atom is -0.309 e. The Balaban J connectivity index is 1.74. The summed E-state index contributed by atoms with van der Waals surface area (Å²) in [7, 11) is 0. The third-order valence-electron chi connectivity index (χ3n) is 5.17. The Morgan fingerprint density at radius 3 is 2.85 bits per heavy atom. The smallest absolute Gasteiger partial charge is 0.0374 e. The summed E-state index contributed by atoms with van der Waals surface area (Å²) in [6.45, 7) is 6.00. The van der Waals surface area contributed by atoms with Crippen molar-refractivity contribution < 1.29 is 0 Å². The van der Waals surface area contributed by atoms with Crippen molar-refractivity contribution in [2.24, 2.45) is 11.3 Å². The first-order chi connectivity index (χ1) is 9.67. The number of nitrogens with one attached hydrogen (secondary N) is 1. The van der Waals surface area contributed by atoms with Crippen LogP contribution in [-0.2, 0) is 6.42 Å². The molecule has 1 aromatic rings. The summed E-state index contributed by atoms with van der Waals surface area (Å²) in [6.07, 6.45) is 11.1. The van der Waals surface area contributed by atoms with Gasteiger partial charge in [0.2, 0.25) is 0 Å². The van der Waals surface area contributed by atoms with Crippen LogP contribution in [0.25, 0.3) is 0 Å². The van der Waals surface area contributed by atoms with Crippen LogP contribution in [0.15, 0.2) is 36.4 Å². The van der Waals surface area contributed by atoms with Crippen LogP contribution in [0.2, 0.25) is 0 Å². The lowest BCUT2D eigenvalue weighted by Gasteiger charge is -2.41. The van der Waals surface area contributed by atoms with Gasteiger partial charge in [0.25, 0.3) is 0 Å². The van der Waals surface area contributed by atoms with Crippen molar-refractivity contribution >= 4 is 0 Å². The van der Waals surface area contributed by atoms with Gasteiger partial charge >= 0.3 is 0 Å². The summed E-state index contributed by atoms with van der Waals surface area (Å²) < 4.78 is 0. The highest BCUT2D eigenvalue weighted by molar-refractivity contribution is 5.34. The lowest BCUT2D eigenvalue weighted by molar-refractivity contribution is 0.200. The van der Waals surface area contributed by atoms with E-state index in [-0.39, 0.29) is 0 Å². The summed E-state index contributed by atoms with van der Waals surface area (Å²) in [5.41, 5.74) is 3.45. The van der Waals surface area contributed by atoms with Gasteiger partial charge in [0.05, 0.1) is 0 Å². The standard InChI is InChI=1S/C19H27N/c1-19(2)13-12-16-10-6-7-11-17(16)18(19)20-14-15-8-4-3-5-9-15/h3-4,6-7,10-11,15,18,20H,5,8-9,12-14H2,1-2H3. The average molecular weight is 269 g/mol. The second kappa shape index (κ2) is 5.73. The van der Waals surface area contributed by atoms with E-state index in [4.69, 9.17) is 0 Å². The Kier molecular flexibility index (Phi) is 3.98. The average Bonchev–Trinajstić information content (AvgIpc) is 2.47. The maximum Gasteiger partial charge on any atom is 0.0374 e. The third-order valence-corrected chi connectivity index (χ3v) is 5.17. The maximum atomic E-state index is 3.90. The highest BCUT2D eigenvalue weighted by Crippen LogP contribution is 2.43. The number of aryl methyl sites for hydroxylation is 1. The van der Waals surface area contributed by atoms with Crippen molar-refractivity contribution in [1.82, 2.24) is 5.32 Å². The SMILES string of the molecule is CC1(C)CCc2ccccc2C1NCC1CC=CCC1. The fraction of sp³-hybridized carbons (Fsp3) is 0.579. The van der Waals surface area contributed by atoms with Crippen LogP contribution in [0.4, 0.5) is 0 Å². The van der Waals surface area contributed by atoms with Crippen LogP contribution in [0.3, 0.4) is 0 Å². The number of allylic oxidation sites excluding steroid dienone is 2. The second-order valence-corrected chi connectivity index (χ2v) is 7.18. The molecule has 0 spiro atoms. The lowest BCUT2D eigenvalue weighted by Crippen LogP contribution is -2.40. The van der Waals surface area contributed by atoms with Crippen LogP contribution >= 0.6 is 0 Å². The Labute approximate surface area is 123 Å². The largest absolute Gasteiger partial charge is 0.309 e. The molecule has 0 saturated heterocycles. The van der Waals surface area contributed by atoms with E-state index in [1.807, 2.05) is 0 Å². The molecule has 1 N–H and O–H groups in total. The zero-order chi connectivity index (χ0) is 14.0. The van der Waals surface area contributed by atoms with E-state index in [1.54, 1.807) is 5.56 Å². The number of hydrogen-bond donors (Lipinski definition) is 1. The molecule has 20 heavy (non-hydrogen) atoms. The van der Waals surface area contributed by atoms with Crippen molar-refractivity contribution in [3.63, 3.8) is 0 Å². The molecule has 0 saturated carbocycles. The first kappa shape index (κ1) is 13.9. The predicted molar refractivity (Wildman–Crippen MR) is 85.8 cm³/mol. The van der Waals surface area contributed by atoms with E-state index < -0.39 is 0 Å². The summed E-state index contributed by atoms with van der Waals surface area (Å²) in [5.74, 6) is 0.824. The van der Waals surface area contributed by atoms with E-state index in [2.05, 4.69) is 55.6 Å². The fourth-order valence-electron chi connectivity index (χ4n) is 3.78. The zero-order valence-electron chi connectivity index (χ0n) is 12.9. The van der Waals surface area contributed by atoms with E-state index in [1.165, 1.54) is 37.7 Å². The minimum atomic E-state index is 0.360. The number of fused-ring (bicyclic) bond motifs is 1. The van der Waals surface area contributed by atoms with Crippen molar-refractivity contribution in [2.45, 2.75) is 52.0 Å². The van der Waals surface area contributed by atoms with Crippen LogP contribution in [-0.4, -0.2) is 6.54 Å². The van der Waals surface area contributed by atoms with Gasteiger partial charge in [-0.3, -0.25) is 0 Å². The van der Waals surface area contributed by atoms with Gasteiger partial charge in [-0.2, -0.15) is 0 Å². The summed E-state index contributed by atoms with van der Waals surface area (Å²) in [4.78, 5) is 0. The van der Waals surface area contributed by atoms with Gasteiger partial charge in [-0.25, -0.2) is 0 Å². The molecule has 2 aliphatic rings. The summed E-state index contributed by atoms with van der Waals surface area (Å²) >= 11 is 0. The maximum absolute atomic E-state index is 3.90. The van der Waals surface area contributed by atoms with Gasteiger partial charge in [0.1, 0.15) is 0 Å². The summed E-state index contributed by atoms with van der Waals surface area (Å²) in [6, 6.07) is 9.52. The van der Waals surface area contributed by atoms with Crippen molar-refractivity contribution in [1.29, 1.82) is 0 Å². The third kappa shape index (κ3) is 2.83. The molecule has 0 bridgehead atoms.